The largest absolute Gasteiger partial charge is 0.497 e. The van der Waals surface area contributed by atoms with E-state index in [4.69, 9.17) is 9.47 Å². The monoisotopic (exact) mass is 464 g/mol. The van der Waals surface area contributed by atoms with E-state index >= 15 is 0 Å². The molecule has 31 heavy (non-hydrogen) atoms. The molecule has 2 amide bonds. The Morgan fingerprint density at radius 3 is 2.68 bits per heavy atom. The molecular formula is C21H24N2O6S2. The number of anilines is 2. The van der Waals surface area contributed by atoms with Crippen LogP contribution >= 0.6 is 11.8 Å². The van der Waals surface area contributed by atoms with Crippen molar-refractivity contribution in [3.05, 3.63) is 36.4 Å². The molecule has 0 fully saturated rings. The predicted octanol–water partition coefficient (Wildman–Crippen LogP) is 3.19. The third-order valence-corrected chi connectivity index (χ3v) is 7.83. The van der Waals surface area contributed by atoms with Gasteiger partial charge in [-0.1, -0.05) is 6.92 Å². The van der Waals surface area contributed by atoms with E-state index in [-0.39, 0.29) is 28.9 Å². The molecule has 166 valence electrons. The summed E-state index contributed by atoms with van der Waals surface area (Å²) in [6.45, 7) is 1.82. The molecule has 0 saturated heterocycles. The second-order valence-electron chi connectivity index (χ2n) is 7.04. The molecular weight excluding hydrogens is 440 g/mol. The zero-order valence-electron chi connectivity index (χ0n) is 17.4. The van der Waals surface area contributed by atoms with Crippen molar-refractivity contribution in [2.24, 2.45) is 5.92 Å². The SMILES string of the molecule is COc1ccc(OC)c(NC(=O)CCS(=O)(=O)c2ccc3c(c2)NC(=O)[C@H](C)CS3)c1. The summed E-state index contributed by atoms with van der Waals surface area (Å²) in [5.41, 5.74) is 0.870. The fourth-order valence-corrected chi connectivity index (χ4v) is 5.22. The zero-order valence-corrected chi connectivity index (χ0v) is 19.1. The molecule has 2 aromatic rings. The minimum Gasteiger partial charge on any atom is -0.497 e. The van der Waals surface area contributed by atoms with Gasteiger partial charge in [-0.15, -0.1) is 11.8 Å². The Hall–Kier alpha value is -2.72. The number of rotatable bonds is 7. The molecule has 0 aliphatic carbocycles. The van der Waals surface area contributed by atoms with E-state index in [0.29, 0.717) is 28.6 Å². The Morgan fingerprint density at radius 1 is 1.19 bits per heavy atom. The van der Waals surface area contributed by atoms with Crippen LogP contribution in [-0.2, 0) is 19.4 Å². The van der Waals surface area contributed by atoms with Crippen LogP contribution in [0.1, 0.15) is 13.3 Å². The van der Waals surface area contributed by atoms with Crippen LogP contribution in [0.3, 0.4) is 0 Å². The molecule has 0 saturated carbocycles. The molecule has 1 aliphatic rings. The molecule has 0 aromatic heterocycles. The molecule has 3 rings (SSSR count). The first kappa shape index (κ1) is 23.0. The molecule has 0 bridgehead atoms. The number of hydrogen-bond acceptors (Lipinski definition) is 7. The third-order valence-electron chi connectivity index (χ3n) is 4.78. The number of hydrogen-bond donors (Lipinski definition) is 2. The summed E-state index contributed by atoms with van der Waals surface area (Å²) in [7, 11) is -0.757. The molecule has 0 radical (unpaired) electrons. The van der Waals surface area contributed by atoms with Gasteiger partial charge in [-0.2, -0.15) is 0 Å². The predicted molar refractivity (Wildman–Crippen MR) is 120 cm³/mol. The van der Waals surface area contributed by atoms with E-state index in [1.165, 1.54) is 38.1 Å². The second kappa shape index (κ2) is 9.61. The van der Waals surface area contributed by atoms with Crippen LogP contribution in [0.5, 0.6) is 11.5 Å². The van der Waals surface area contributed by atoms with E-state index in [1.54, 1.807) is 24.3 Å². The van der Waals surface area contributed by atoms with Crippen molar-refractivity contribution in [1.29, 1.82) is 0 Å². The van der Waals surface area contributed by atoms with Gasteiger partial charge >= 0.3 is 0 Å². The van der Waals surface area contributed by atoms with E-state index in [0.717, 1.165) is 4.90 Å². The summed E-state index contributed by atoms with van der Waals surface area (Å²) in [5, 5.41) is 5.44. The Labute approximate surface area is 185 Å². The van der Waals surface area contributed by atoms with Gasteiger partial charge in [0.25, 0.3) is 0 Å². The quantitative estimate of drug-likeness (QED) is 0.647. The number of thioether (sulfide) groups is 1. The number of benzene rings is 2. The lowest BCUT2D eigenvalue weighted by Gasteiger charge is -2.12. The first-order valence-electron chi connectivity index (χ1n) is 9.56. The van der Waals surface area contributed by atoms with Crippen LogP contribution in [-0.4, -0.2) is 46.0 Å². The molecule has 1 heterocycles. The van der Waals surface area contributed by atoms with Crippen molar-refractivity contribution >= 4 is 44.8 Å². The molecule has 2 aromatic carbocycles. The van der Waals surface area contributed by atoms with Crippen molar-refractivity contribution < 1.29 is 27.5 Å². The highest BCUT2D eigenvalue weighted by atomic mass is 32.2. The maximum absolute atomic E-state index is 12.8. The Kier molecular flexibility index (Phi) is 7.11. The minimum absolute atomic E-state index is 0.0634. The molecule has 0 unspecified atom stereocenters. The fourth-order valence-electron chi connectivity index (χ4n) is 2.94. The van der Waals surface area contributed by atoms with Gasteiger partial charge in [0.05, 0.1) is 36.2 Å². The van der Waals surface area contributed by atoms with Crippen LogP contribution in [0.4, 0.5) is 11.4 Å². The summed E-state index contributed by atoms with van der Waals surface area (Å²) < 4.78 is 35.9. The van der Waals surface area contributed by atoms with Gasteiger partial charge in [0.15, 0.2) is 9.84 Å². The number of amides is 2. The smallest absolute Gasteiger partial charge is 0.228 e. The van der Waals surface area contributed by atoms with Gasteiger partial charge < -0.3 is 20.1 Å². The molecule has 1 aliphatic heterocycles. The molecule has 10 heteroatoms. The van der Waals surface area contributed by atoms with Crippen molar-refractivity contribution in [3.8, 4) is 11.5 Å². The van der Waals surface area contributed by atoms with Crippen molar-refractivity contribution in [2.75, 3.05) is 36.4 Å². The lowest BCUT2D eigenvalue weighted by Crippen LogP contribution is -2.20. The highest BCUT2D eigenvalue weighted by Gasteiger charge is 2.23. The van der Waals surface area contributed by atoms with Crippen LogP contribution in [0.25, 0.3) is 0 Å². The van der Waals surface area contributed by atoms with Crippen LogP contribution < -0.4 is 20.1 Å². The van der Waals surface area contributed by atoms with Gasteiger partial charge in [-0.05, 0) is 30.3 Å². The number of carbonyl (C=O) groups is 2. The summed E-state index contributed by atoms with van der Waals surface area (Å²) >= 11 is 1.50. The molecule has 0 spiro atoms. The topological polar surface area (TPSA) is 111 Å². The Morgan fingerprint density at radius 2 is 1.97 bits per heavy atom. The number of sulfone groups is 1. The van der Waals surface area contributed by atoms with Gasteiger partial charge in [0.1, 0.15) is 11.5 Å². The van der Waals surface area contributed by atoms with E-state index < -0.39 is 15.7 Å². The summed E-state index contributed by atoms with van der Waals surface area (Å²) in [6, 6.07) is 9.58. The molecule has 1 atom stereocenters. The number of fused-ring (bicyclic) bond motifs is 1. The number of ether oxygens (including phenoxy) is 2. The maximum atomic E-state index is 12.8. The zero-order chi connectivity index (χ0) is 22.6. The second-order valence-corrected chi connectivity index (χ2v) is 10.2. The average molecular weight is 465 g/mol. The Bertz CT molecular complexity index is 1100. The molecule has 2 N–H and O–H groups in total. The third kappa shape index (κ3) is 5.50. The maximum Gasteiger partial charge on any atom is 0.228 e. The summed E-state index contributed by atoms with van der Waals surface area (Å²) in [5.74, 6) is 0.429. The number of methoxy groups -OCH3 is 2. The first-order valence-corrected chi connectivity index (χ1v) is 12.2. The minimum atomic E-state index is -3.73. The first-order chi connectivity index (χ1) is 14.7. The van der Waals surface area contributed by atoms with Crippen molar-refractivity contribution in [2.45, 2.75) is 23.1 Å². The van der Waals surface area contributed by atoms with Crippen LogP contribution in [0.15, 0.2) is 46.2 Å². The van der Waals surface area contributed by atoms with Gasteiger partial charge in [0, 0.05) is 29.1 Å². The lowest BCUT2D eigenvalue weighted by atomic mass is 10.2. The lowest BCUT2D eigenvalue weighted by molar-refractivity contribution is -0.118. The van der Waals surface area contributed by atoms with Gasteiger partial charge in [-0.3, -0.25) is 9.59 Å². The Balaban J connectivity index is 1.70. The molecule has 8 nitrogen and oxygen atoms in total. The number of carbonyl (C=O) groups excluding carboxylic acids is 2. The van der Waals surface area contributed by atoms with Crippen molar-refractivity contribution in [1.82, 2.24) is 0 Å². The summed E-state index contributed by atoms with van der Waals surface area (Å²) in [6.07, 6.45) is -0.238. The summed E-state index contributed by atoms with van der Waals surface area (Å²) in [4.78, 5) is 25.3. The highest BCUT2D eigenvalue weighted by Crippen LogP contribution is 2.34. The normalized spacial score (nSPS) is 16.0. The average Bonchev–Trinajstić information content (AvgIpc) is 2.90. The fraction of sp³-hybridized carbons (Fsp3) is 0.333. The van der Waals surface area contributed by atoms with E-state index in [2.05, 4.69) is 10.6 Å². The van der Waals surface area contributed by atoms with Gasteiger partial charge in [-0.25, -0.2) is 8.42 Å². The van der Waals surface area contributed by atoms with E-state index in [9.17, 15) is 18.0 Å². The highest BCUT2D eigenvalue weighted by molar-refractivity contribution is 7.99. The van der Waals surface area contributed by atoms with Crippen LogP contribution in [0.2, 0.25) is 0 Å². The van der Waals surface area contributed by atoms with Gasteiger partial charge in [0.2, 0.25) is 11.8 Å². The van der Waals surface area contributed by atoms with Crippen LogP contribution in [0, 0.1) is 5.92 Å². The standard InChI is InChI=1S/C21H24N2O6S2/c1-13-12-30-19-7-5-15(11-17(19)23-21(13)25)31(26,27)9-8-20(24)22-16-10-14(28-2)4-6-18(16)29-3/h4-7,10-11,13H,8-9,12H2,1-3H3,(H,22,24)(H,23,25)/t13-/m1/s1. The van der Waals surface area contributed by atoms with Crippen molar-refractivity contribution in [3.63, 3.8) is 0 Å². The van der Waals surface area contributed by atoms with E-state index in [1.807, 2.05) is 6.92 Å². The number of nitrogens with one attached hydrogen (secondary N) is 2.